The summed E-state index contributed by atoms with van der Waals surface area (Å²) >= 11 is 1.34. The van der Waals surface area contributed by atoms with Crippen LogP contribution in [0.3, 0.4) is 0 Å². The third-order valence-electron chi connectivity index (χ3n) is 5.93. The fourth-order valence-electron chi connectivity index (χ4n) is 4.47. The fourth-order valence-corrected chi connectivity index (χ4v) is 5.20. The minimum Gasteiger partial charge on any atom is -0.375 e. The summed E-state index contributed by atoms with van der Waals surface area (Å²) in [6.07, 6.45) is 2.27. The largest absolute Gasteiger partial charge is 0.375 e. The molecule has 2 N–H and O–H groups in total. The number of rotatable bonds is 5. The molecule has 1 aliphatic rings. The average molecular weight is 479 g/mol. The Labute approximate surface area is 202 Å². The van der Waals surface area contributed by atoms with Crippen LogP contribution < -0.4 is 10.6 Å². The topological polar surface area (TPSA) is 80.4 Å². The first kappa shape index (κ1) is 22.6. The lowest BCUT2D eigenvalue weighted by molar-refractivity contribution is -0.0704. The summed E-state index contributed by atoms with van der Waals surface area (Å²) in [5, 5.41) is 0.456. The van der Waals surface area contributed by atoms with Gasteiger partial charge in [-0.3, -0.25) is 9.88 Å². The molecule has 2 atom stereocenters. The van der Waals surface area contributed by atoms with E-state index in [1.54, 1.807) is 12.1 Å². The molecule has 0 amide bonds. The van der Waals surface area contributed by atoms with E-state index in [4.69, 9.17) is 15.5 Å². The number of ether oxygens (including phenoxy) is 1. The number of aromatic nitrogens is 3. The van der Waals surface area contributed by atoms with Crippen LogP contribution in [-0.2, 0) is 11.3 Å². The molecule has 0 radical (unpaired) electrons. The van der Waals surface area contributed by atoms with E-state index in [9.17, 15) is 4.39 Å². The van der Waals surface area contributed by atoms with E-state index < -0.39 is 0 Å². The zero-order chi connectivity index (χ0) is 23.8. The van der Waals surface area contributed by atoms with Crippen LogP contribution in [0.5, 0.6) is 0 Å². The monoisotopic (exact) mass is 478 g/mol. The lowest BCUT2D eigenvalue weighted by Gasteiger charge is -2.35. The quantitative estimate of drug-likeness (QED) is 0.439. The number of fused-ring (bicyclic) bond motifs is 1. The molecule has 176 valence electrons. The molecule has 1 aliphatic heterocycles. The molecule has 4 aromatic rings. The zero-order valence-electron chi connectivity index (χ0n) is 19.4. The number of halogens is 1. The van der Waals surface area contributed by atoms with Crippen molar-refractivity contribution in [3.8, 4) is 11.3 Å². The molecule has 34 heavy (non-hydrogen) atoms. The fraction of sp³-hybridized carbons (Fsp3) is 0.320. The number of nitrogen functional groups attached to an aromatic ring is 1. The molecule has 1 fully saturated rings. The van der Waals surface area contributed by atoms with E-state index in [1.807, 2.05) is 30.3 Å². The molecule has 0 saturated carbocycles. The van der Waals surface area contributed by atoms with E-state index in [0.717, 1.165) is 46.9 Å². The number of hydrogen-bond donors (Lipinski definition) is 1. The molecule has 3 aromatic heterocycles. The van der Waals surface area contributed by atoms with Crippen molar-refractivity contribution in [2.75, 3.05) is 30.8 Å². The van der Waals surface area contributed by atoms with Gasteiger partial charge in [-0.05, 0) is 61.9 Å². The van der Waals surface area contributed by atoms with Crippen molar-refractivity contribution in [3.05, 3.63) is 60.0 Å². The Hall–Kier alpha value is -3.14. The van der Waals surface area contributed by atoms with E-state index in [1.165, 1.54) is 29.0 Å². The highest BCUT2D eigenvalue weighted by Gasteiger charge is 2.22. The van der Waals surface area contributed by atoms with Gasteiger partial charge in [0.15, 0.2) is 5.13 Å². The predicted octanol–water partition coefficient (Wildman–Crippen LogP) is 4.85. The molecule has 2 unspecified atom stereocenters. The lowest BCUT2D eigenvalue weighted by Crippen LogP contribution is -2.44. The Bertz CT molecular complexity index is 1300. The lowest BCUT2D eigenvalue weighted by atomic mass is 10.1. The van der Waals surface area contributed by atoms with Crippen molar-refractivity contribution < 1.29 is 9.13 Å². The van der Waals surface area contributed by atoms with Gasteiger partial charge < -0.3 is 15.4 Å². The molecular formula is C25H27FN6OS. The maximum absolute atomic E-state index is 13.4. The molecule has 1 aromatic carbocycles. The summed E-state index contributed by atoms with van der Waals surface area (Å²) in [7, 11) is 1.90. The maximum Gasteiger partial charge on any atom is 0.182 e. The third-order valence-corrected chi connectivity index (χ3v) is 6.71. The second kappa shape index (κ2) is 9.25. The highest BCUT2D eigenvalue weighted by molar-refractivity contribution is 7.21. The summed E-state index contributed by atoms with van der Waals surface area (Å²) in [4.78, 5) is 19.0. The van der Waals surface area contributed by atoms with Gasteiger partial charge in [0.2, 0.25) is 0 Å². The van der Waals surface area contributed by atoms with Gasteiger partial charge in [-0.15, -0.1) is 0 Å². The summed E-state index contributed by atoms with van der Waals surface area (Å²) in [5.41, 5.74) is 10.5. The minimum atomic E-state index is -0.276. The first-order valence-electron chi connectivity index (χ1n) is 11.2. The molecule has 0 spiro atoms. The van der Waals surface area contributed by atoms with Gasteiger partial charge in [-0.25, -0.2) is 14.4 Å². The first-order valence-corrected chi connectivity index (χ1v) is 12.1. The Morgan fingerprint density at radius 3 is 2.59 bits per heavy atom. The van der Waals surface area contributed by atoms with E-state index in [0.29, 0.717) is 10.9 Å². The number of pyridine rings is 2. The third kappa shape index (κ3) is 4.72. The molecule has 0 bridgehead atoms. The summed E-state index contributed by atoms with van der Waals surface area (Å²) < 4.78 is 19.3. The minimum absolute atomic E-state index is 0.215. The smallest absolute Gasteiger partial charge is 0.182 e. The van der Waals surface area contributed by atoms with Crippen LogP contribution in [0.15, 0.2) is 48.7 Å². The Morgan fingerprint density at radius 2 is 1.85 bits per heavy atom. The maximum atomic E-state index is 13.4. The van der Waals surface area contributed by atoms with Crippen molar-refractivity contribution in [2.45, 2.75) is 32.6 Å². The zero-order valence-corrected chi connectivity index (χ0v) is 20.2. The number of hydrogen-bond acceptors (Lipinski definition) is 8. The SMILES string of the molecule is CC1CN(Cc2ccnc(-c3cc(N(C)c4ccc(F)cc4)nc4sc(N)nc34)c2)CC(C)O1. The Balaban J connectivity index is 1.51. The van der Waals surface area contributed by atoms with Crippen LogP contribution in [0.1, 0.15) is 19.4 Å². The van der Waals surface area contributed by atoms with E-state index in [2.05, 4.69) is 34.8 Å². The van der Waals surface area contributed by atoms with Crippen LogP contribution in [0.2, 0.25) is 0 Å². The van der Waals surface area contributed by atoms with Crippen LogP contribution in [0, 0.1) is 5.82 Å². The van der Waals surface area contributed by atoms with Crippen LogP contribution in [0.4, 0.5) is 21.0 Å². The van der Waals surface area contributed by atoms with Gasteiger partial charge in [-0.1, -0.05) is 11.3 Å². The summed E-state index contributed by atoms with van der Waals surface area (Å²) in [5.74, 6) is 0.433. The average Bonchev–Trinajstić information content (AvgIpc) is 3.18. The molecule has 1 saturated heterocycles. The van der Waals surface area contributed by atoms with E-state index in [-0.39, 0.29) is 18.0 Å². The van der Waals surface area contributed by atoms with Gasteiger partial charge in [-0.2, -0.15) is 0 Å². The normalized spacial score (nSPS) is 18.9. The number of anilines is 3. The second-order valence-electron chi connectivity index (χ2n) is 8.77. The second-order valence-corrected chi connectivity index (χ2v) is 9.78. The molecule has 5 rings (SSSR count). The molecule has 9 heteroatoms. The van der Waals surface area contributed by atoms with Gasteiger partial charge >= 0.3 is 0 Å². The van der Waals surface area contributed by atoms with Gasteiger partial charge in [0.1, 0.15) is 22.0 Å². The van der Waals surface area contributed by atoms with Crippen molar-refractivity contribution in [3.63, 3.8) is 0 Å². The van der Waals surface area contributed by atoms with Crippen molar-refractivity contribution in [2.24, 2.45) is 0 Å². The van der Waals surface area contributed by atoms with Crippen LogP contribution in [-0.4, -0.2) is 52.2 Å². The predicted molar refractivity (Wildman–Crippen MR) is 135 cm³/mol. The number of nitrogens with two attached hydrogens (primary N) is 1. The standard InChI is InChI=1S/C25H27FN6OS/c1-15-12-32(13-16(2)33-15)14-17-8-9-28-21(10-17)20-11-22(29-24-23(20)30-25(27)34-24)31(3)19-6-4-18(26)5-7-19/h4-11,15-16H,12-14H2,1-3H3,(H2,27,30). The van der Waals surface area contributed by atoms with Crippen LogP contribution in [0.25, 0.3) is 21.6 Å². The summed E-state index contributed by atoms with van der Waals surface area (Å²) in [6, 6.07) is 12.5. The first-order chi connectivity index (χ1) is 16.4. The number of morpholine rings is 1. The number of benzene rings is 1. The van der Waals surface area contributed by atoms with Crippen molar-refractivity contribution in [1.29, 1.82) is 0 Å². The van der Waals surface area contributed by atoms with Gasteiger partial charge in [0.25, 0.3) is 0 Å². The summed E-state index contributed by atoms with van der Waals surface area (Å²) in [6.45, 7) is 6.84. The van der Waals surface area contributed by atoms with Crippen LogP contribution >= 0.6 is 11.3 Å². The number of thiazole rings is 1. The number of nitrogens with zero attached hydrogens (tertiary/aromatic N) is 5. The molecular weight excluding hydrogens is 451 g/mol. The van der Waals surface area contributed by atoms with Crippen molar-refractivity contribution >= 4 is 38.3 Å². The van der Waals surface area contributed by atoms with E-state index >= 15 is 0 Å². The molecule has 0 aliphatic carbocycles. The van der Waals surface area contributed by atoms with Crippen molar-refractivity contribution in [1.82, 2.24) is 19.9 Å². The highest BCUT2D eigenvalue weighted by atomic mass is 32.1. The highest BCUT2D eigenvalue weighted by Crippen LogP contribution is 2.35. The Morgan fingerprint density at radius 1 is 1.12 bits per heavy atom. The van der Waals surface area contributed by atoms with Gasteiger partial charge in [0.05, 0.1) is 17.9 Å². The molecule has 7 nitrogen and oxygen atoms in total. The molecule has 4 heterocycles. The van der Waals surface area contributed by atoms with Gasteiger partial charge in [0, 0.05) is 44.1 Å². The Kier molecular flexibility index (Phi) is 6.16.